The Labute approximate surface area is 153 Å². The van der Waals surface area contributed by atoms with Crippen LogP contribution in [0.5, 0.6) is 0 Å². The molecule has 0 saturated heterocycles. The van der Waals surface area contributed by atoms with Crippen LogP contribution in [0.15, 0.2) is 18.2 Å². The maximum Gasteiger partial charge on any atom is 0.458 e. The largest absolute Gasteiger partial charge is 0.458 e. The molecule has 0 aromatic heterocycles. The van der Waals surface area contributed by atoms with Crippen molar-refractivity contribution in [3.8, 4) is 0 Å². The zero-order chi connectivity index (χ0) is 20.9. The molecule has 12 heteroatoms. The smallest absolute Gasteiger partial charge is 0.325 e. The fraction of sp³-hybridized carbons (Fsp3) is 0.357. The van der Waals surface area contributed by atoms with E-state index in [1.54, 1.807) is 18.2 Å². The van der Waals surface area contributed by atoms with E-state index >= 15 is 0 Å². The van der Waals surface area contributed by atoms with Gasteiger partial charge < -0.3 is 5.32 Å². The molecule has 0 aliphatic rings. The Balaban J connectivity index is 0.000000488. The SMILES string of the molecule is CC(C)C(=O)Nc1ccc(Cl)cc1Cl.O=C(C(=O)C(F)(F)F)C(F)(F)F. The first-order valence-electron chi connectivity index (χ1n) is 6.56. The summed E-state index contributed by atoms with van der Waals surface area (Å²) in [6.07, 6.45) is -11.5. The van der Waals surface area contributed by atoms with Crippen molar-refractivity contribution in [1.82, 2.24) is 0 Å². The van der Waals surface area contributed by atoms with Gasteiger partial charge in [0.2, 0.25) is 5.91 Å². The molecule has 0 unspecified atom stereocenters. The first-order valence-corrected chi connectivity index (χ1v) is 7.31. The number of alkyl halides is 6. The summed E-state index contributed by atoms with van der Waals surface area (Å²) in [5.74, 6) is -6.94. The number of Topliss-reactive ketones (excluding diaryl/α,β-unsaturated/α-hetero) is 2. The number of halogens is 8. The molecule has 1 aromatic carbocycles. The standard InChI is InChI=1S/C10H11Cl2NO.C4F6O2/c1-6(2)10(14)13-9-4-3-7(11)5-8(9)12;5-3(6,7)1(11)2(12)4(8,9)10/h3-6H,1-2H3,(H,13,14);. The predicted molar refractivity (Wildman–Crippen MR) is 82.1 cm³/mol. The Morgan fingerprint density at radius 3 is 1.65 bits per heavy atom. The highest BCUT2D eigenvalue weighted by Crippen LogP contribution is 2.26. The third-order valence-corrected chi connectivity index (χ3v) is 2.98. The highest BCUT2D eigenvalue weighted by molar-refractivity contribution is 6.41. The van der Waals surface area contributed by atoms with Crippen molar-refractivity contribution in [2.24, 2.45) is 5.92 Å². The number of hydrogen-bond donors (Lipinski definition) is 1. The summed E-state index contributed by atoms with van der Waals surface area (Å²) in [6, 6.07) is 4.97. The summed E-state index contributed by atoms with van der Waals surface area (Å²) >= 11 is 11.6. The van der Waals surface area contributed by atoms with Crippen LogP contribution in [0.3, 0.4) is 0 Å². The van der Waals surface area contributed by atoms with Gasteiger partial charge in [-0.05, 0) is 18.2 Å². The van der Waals surface area contributed by atoms with Crippen molar-refractivity contribution in [3.05, 3.63) is 28.2 Å². The highest BCUT2D eigenvalue weighted by Gasteiger charge is 2.54. The van der Waals surface area contributed by atoms with E-state index in [2.05, 4.69) is 5.32 Å². The molecule has 0 atom stereocenters. The molecule has 1 N–H and O–H groups in total. The number of ketones is 2. The molecule has 0 radical (unpaired) electrons. The van der Waals surface area contributed by atoms with E-state index in [0.717, 1.165) is 0 Å². The Morgan fingerprint density at radius 1 is 0.923 bits per heavy atom. The average molecular weight is 426 g/mol. The van der Waals surface area contributed by atoms with Gasteiger partial charge in [-0.3, -0.25) is 14.4 Å². The van der Waals surface area contributed by atoms with Gasteiger partial charge in [0.25, 0.3) is 0 Å². The van der Waals surface area contributed by atoms with Crippen molar-refractivity contribution < 1.29 is 40.7 Å². The molecule has 1 aromatic rings. The van der Waals surface area contributed by atoms with Crippen LogP contribution in [0.1, 0.15) is 13.8 Å². The average Bonchev–Trinajstić information content (AvgIpc) is 2.47. The van der Waals surface area contributed by atoms with Crippen LogP contribution in [-0.2, 0) is 14.4 Å². The second kappa shape index (κ2) is 9.22. The van der Waals surface area contributed by atoms with Gasteiger partial charge in [0.05, 0.1) is 10.7 Å². The summed E-state index contributed by atoms with van der Waals surface area (Å²) in [4.78, 5) is 30.6. The second-order valence-corrected chi connectivity index (χ2v) is 5.77. The third-order valence-electron chi connectivity index (χ3n) is 2.43. The molecule has 0 aliphatic carbocycles. The number of anilines is 1. The van der Waals surface area contributed by atoms with Gasteiger partial charge >= 0.3 is 23.9 Å². The Morgan fingerprint density at radius 2 is 1.35 bits per heavy atom. The molecule has 0 heterocycles. The normalized spacial score (nSPS) is 11.5. The lowest BCUT2D eigenvalue weighted by atomic mass is 10.2. The fourth-order valence-corrected chi connectivity index (χ4v) is 1.58. The molecule has 1 rings (SSSR count). The van der Waals surface area contributed by atoms with Crippen molar-refractivity contribution >= 4 is 46.4 Å². The fourth-order valence-electron chi connectivity index (χ4n) is 1.13. The van der Waals surface area contributed by atoms with E-state index in [0.29, 0.717) is 15.7 Å². The van der Waals surface area contributed by atoms with Gasteiger partial charge in [0.15, 0.2) is 0 Å². The van der Waals surface area contributed by atoms with Gasteiger partial charge in [-0.15, -0.1) is 0 Å². The first kappa shape index (κ1) is 24.2. The van der Waals surface area contributed by atoms with Crippen LogP contribution in [0, 0.1) is 5.92 Å². The third kappa shape index (κ3) is 8.05. The molecule has 0 aliphatic heterocycles. The highest BCUT2D eigenvalue weighted by atomic mass is 35.5. The van der Waals surface area contributed by atoms with Gasteiger partial charge in [-0.25, -0.2) is 0 Å². The lowest BCUT2D eigenvalue weighted by molar-refractivity contribution is -0.193. The molecule has 26 heavy (non-hydrogen) atoms. The maximum atomic E-state index is 11.3. The zero-order valence-electron chi connectivity index (χ0n) is 13.1. The van der Waals surface area contributed by atoms with E-state index in [1.165, 1.54) is 0 Å². The van der Waals surface area contributed by atoms with Crippen LogP contribution >= 0.6 is 23.2 Å². The molecular weight excluding hydrogens is 415 g/mol. The topological polar surface area (TPSA) is 63.2 Å². The Hall–Kier alpha value is -1.81. The van der Waals surface area contributed by atoms with E-state index in [4.69, 9.17) is 23.2 Å². The van der Waals surface area contributed by atoms with E-state index in [9.17, 15) is 40.7 Å². The number of carbonyl (C=O) groups is 3. The van der Waals surface area contributed by atoms with Crippen molar-refractivity contribution in [3.63, 3.8) is 0 Å². The second-order valence-electron chi connectivity index (χ2n) is 4.92. The number of hydrogen-bond acceptors (Lipinski definition) is 3. The number of benzene rings is 1. The lowest BCUT2D eigenvalue weighted by Gasteiger charge is -2.09. The van der Waals surface area contributed by atoms with Crippen molar-refractivity contribution in [2.75, 3.05) is 5.32 Å². The predicted octanol–water partition coefficient (Wildman–Crippen LogP) is 4.84. The minimum Gasteiger partial charge on any atom is -0.325 e. The summed E-state index contributed by atoms with van der Waals surface area (Å²) in [6.45, 7) is 3.64. The van der Waals surface area contributed by atoms with Crippen molar-refractivity contribution in [2.45, 2.75) is 26.2 Å². The van der Waals surface area contributed by atoms with E-state index in [1.807, 2.05) is 13.8 Å². The number of amides is 1. The number of rotatable bonds is 3. The molecule has 0 fully saturated rings. The van der Waals surface area contributed by atoms with Crippen LogP contribution in [0.25, 0.3) is 0 Å². The molecule has 0 saturated carbocycles. The van der Waals surface area contributed by atoms with Crippen LogP contribution in [0.2, 0.25) is 10.0 Å². The Bertz CT molecular complexity index is 662. The quantitative estimate of drug-likeness (QED) is 0.556. The van der Waals surface area contributed by atoms with Crippen LogP contribution < -0.4 is 5.32 Å². The number of carbonyl (C=O) groups excluding carboxylic acids is 3. The van der Waals surface area contributed by atoms with Crippen LogP contribution in [-0.4, -0.2) is 29.8 Å². The number of nitrogens with one attached hydrogen (secondary N) is 1. The Kier molecular flexibility index (Phi) is 8.58. The van der Waals surface area contributed by atoms with Gasteiger partial charge in [0.1, 0.15) is 0 Å². The zero-order valence-corrected chi connectivity index (χ0v) is 14.6. The monoisotopic (exact) mass is 425 g/mol. The van der Waals surface area contributed by atoms with Gasteiger partial charge in [-0.1, -0.05) is 37.0 Å². The molecular formula is C14H11Cl2F6NO3. The van der Waals surface area contributed by atoms with E-state index < -0.39 is 23.9 Å². The summed E-state index contributed by atoms with van der Waals surface area (Å²) in [5, 5.41) is 3.71. The van der Waals surface area contributed by atoms with Gasteiger partial charge in [-0.2, -0.15) is 26.3 Å². The summed E-state index contributed by atoms with van der Waals surface area (Å²) in [5.41, 5.74) is 0.592. The molecule has 1 amide bonds. The minimum absolute atomic E-state index is 0.0609. The van der Waals surface area contributed by atoms with Crippen LogP contribution in [0.4, 0.5) is 32.0 Å². The molecule has 0 spiro atoms. The molecule has 0 bridgehead atoms. The summed E-state index contributed by atoms with van der Waals surface area (Å²) < 4.78 is 67.0. The van der Waals surface area contributed by atoms with Crippen molar-refractivity contribution in [1.29, 1.82) is 0 Å². The minimum atomic E-state index is -5.77. The lowest BCUT2D eigenvalue weighted by Crippen LogP contribution is -2.39. The maximum absolute atomic E-state index is 11.3. The molecule has 4 nitrogen and oxygen atoms in total. The van der Waals surface area contributed by atoms with Gasteiger partial charge in [0, 0.05) is 10.9 Å². The molecule has 146 valence electrons. The first-order chi connectivity index (χ1) is 11.6. The van der Waals surface area contributed by atoms with E-state index in [-0.39, 0.29) is 11.8 Å². The summed E-state index contributed by atoms with van der Waals surface area (Å²) in [7, 11) is 0.